The van der Waals surface area contributed by atoms with Gasteiger partial charge in [-0.15, -0.1) is 0 Å². The molecule has 2 aromatic carbocycles. The smallest absolute Gasteiger partial charge is 0.361 e. The molecular weight excluding hydrogens is 280 g/mol. The van der Waals surface area contributed by atoms with Crippen LogP contribution in [0.1, 0.15) is 15.9 Å². The molecular formula is C12H4N4O5. The monoisotopic (exact) mass is 284 g/mol. The van der Waals surface area contributed by atoms with Crippen molar-refractivity contribution in [2.24, 2.45) is 0 Å². The number of nitro groups is 2. The zero-order chi connectivity index (χ0) is 15.3. The molecule has 1 aliphatic rings. The first-order valence-corrected chi connectivity index (χ1v) is 5.63. The molecule has 0 bridgehead atoms. The molecule has 1 aliphatic carbocycles. The van der Waals surface area contributed by atoms with E-state index < -0.39 is 27.0 Å². The van der Waals surface area contributed by atoms with Crippen LogP contribution in [-0.4, -0.2) is 26.1 Å². The number of ketones is 1. The Morgan fingerprint density at radius 2 is 1.43 bits per heavy atom. The van der Waals surface area contributed by atoms with E-state index in [-0.39, 0.29) is 27.6 Å². The molecule has 0 N–H and O–H groups in total. The van der Waals surface area contributed by atoms with Crippen molar-refractivity contribution in [2.75, 3.05) is 0 Å². The molecule has 2 aromatic rings. The Bertz CT molecular complexity index is 907. The molecule has 0 aliphatic heterocycles. The summed E-state index contributed by atoms with van der Waals surface area (Å²) < 4.78 is 0. The molecule has 0 spiro atoms. The van der Waals surface area contributed by atoms with Crippen molar-refractivity contribution in [1.29, 1.82) is 0 Å². The van der Waals surface area contributed by atoms with Crippen LogP contribution in [0.2, 0.25) is 0 Å². The molecule has 102 valence electrons. The first-order valence-electron chi connectivity index (χ1n) is 5.63. The van der Waals surface area contributed by atoms with Gasteiger partial charge in [0.15, 0.2) is 0 Å². The van der Waals surface area contributed by atoms with Gasteiger partial charge in [-0.25, -0.2) is 0 Å². The van der Waals surface area contributed by atoms with Crippen molar-refractivity contribution >= 4 is 33.6 Å². The summed E-state index contributed by atoms with van der Waals surface area (Å²) in [5.74, 6) is -0.632. The zero-order valence-corrected chi connectivity index (χ0v) is 10.1. The lowest BCUT2D eigenvalue weighted by Gasteiger charge is -2.02. The van der Waals surface area contributed by atoms with Crippen LogP contribution in [0.15, 0.2) is 24.3 Å². The van der Waals surface area contributed by atoms with E-state index in [1.165, 1.54) is 12.1 Å². The van der Waals surface area contributed by atoms with Crippen LogP contribution in [0, 0.1) is 20.2 Å². The van der Waals surface area contributed by atoms with Gasteiger partial charge in [-0.3, -0.25) is 25.0 Å². The van der Waals surface area contributed by atoms with E-state index in [0.29, 0.717) is 0 Å². The Morgan fingerprint density at radius 1 is 0.905 bits per heavy atom. The fourth-order valence-electron chi connectivity index (χ4n) is 2.50. The molecule has 9 nitrogen and oxygen atoms in total. The fourth-order valence-corrected chi connectivity index (χ4v) is 2.50. The topological polar surface area (TPSA) is 140 Å². The third kappa shape index (κ3) is 1.49. The van der Waals surface area contributed by atoms with E-state index in [9.17, 15) is 25.0 Å². The van der Waals surface area contributed by atoms with Gasteiger partial charge in [0.2, 0.25) is 0 Å². The maximum Gasteiger partial charge on any atom is 0.370 e. The number of carbonyl (C=O) groups excluding carboxylic acids is 1. The molecule has 0 radical (unpaired) electrons. The normalized spacial score (nSPS) is 12.6. The van der Waals surface area contributed by atoms with E-state index >= 15 is 0 Å². The van der Waals surface area contributed by atoms with Crippen LogP contribution in [-0.2, 0) is 0 Å². The number of hydrogen-bond acceptors (Lipinski definition) is 5. The fraction of sp³-hybridized carbons (Fsp3) is 0. The summed E-state index contributed by atoms with van der Waals surface area (Å²) in [6.45, 7) is 0. The SMILES string of the molecule is [N-]=[N+]=C1C(=O)c2ccc([N+](=O)[O-])c3c([N+](=O)[O-])ccc1c23. The highest BCUT2D eigenvalue weighted by Crippen LogP contribution is 2.41. The minimum Gasteiger partial charge on any atom is -0.361 e. The van der Waals surface area contributed by atoms with Crippen molar-refractivity contribution < 1.29 is 19.4 Å². The van der Waals surface area contributed by atoms with Crippen molar-refractivity contribution in [3.05, 3.63) is 61.2 Å². The maximum atomic E-state index is 12.0. The van der Waals surface area contributed by atoms with Crippen LogP contribution < -0.4 is 0 Å². The Labute approximate surface area is 115 Å². The summed E-state index contributed by atoms with van der Waals surface area (Å²) in [4.78, 5) is 35.6. The van der Waals surface area contributed by atoms with Gasteiger partial charge in [0.25, 0.3) is 17.2 Å². The van der Waals surface area contributed by atoms with Crippen LogP contribution in [0.3, 0.4) is 0 Å². The molecule has 0 unspecified atom stereocenters. The van der Waals surface area contributed by atoms with E-state index in [1.54, 1.807) is 0 Å². The van der Waals surface area contributed by atoms with Crippen LogP contribution in [0.25, 0.3) is 16.3 Å². The second kappa shape index (κ2) is 4.02. The van der Waals surface area contributed by atoms with E-state index in [1.807, 2.05) is 0 Å². The molecule has 21 heavy (non-hydrogen) atoms. The van der Waals surface area contributed by atoms with Gasteiger partial charge in [-0.1, -0.05) is 0 Å². The highest BCUT2D eigenvalue weighted by atomic mass is 16.6. The molecule has 0 fully saturated rings. The summed E-state index contributed by atoms with van der Waals surface area (Å²) in [5.41, 5.74) is 7.86. The summed E-state index contributed by atoms with van der Waals surface area (Å²) >= 11 is 0. The minimum absolute atomic E-state index is 0.0436. The van der Waals surface area contributed by atoms with Crippen LogP contribution in [0.5, 0.6) is 0 Å². The summed E-state index contributed by atoms with van der Waals surface area (Å²) in [6.07, 6.45) is 0. The van der Waals surface area contributed by atoms with E-state index in [2.05, 4.69) is 4.79 Å². The van der Waals surface area contributed by atoms with Crippen LogP contribution >= 0.6 is 0 Å². The second-order valence-electron chi connectivity index (χ2n) is 4.31. The van der Waals surface area contributed by atoms with Gasteiger partial charge in [0.1, 0.15) is 5.39 Å². The Balaban J connectivity index is 2.62. The summed E-state index contributed by atoms with van der Waals surface area (Å²) in [7, 11) is 0. The number of nitrogens with zero attached hydrogens (tertiary/aromatic N) is 4. The highest BCUT2D eigenvalue weighted by molar-refractivity contribution is 6.57. The van der Waals surface area contributed by atoms with Gasteiger partial charge < -0.3 is 5.53 Å². The first kappa shape index (κ1) is 12.6. The number of hydrogen-bond donors (Lipinski definition) is 0. The van der Waals surface area contributed by atoms with Crippen molar-refractivity contribution in [2.45, 2.75) is 0 Å². The average molecular weight is 284 g/mol. The molecule has 0 saturated heterocycles. The minimum atomic E-state index is -0.756. The van der Waals surface area contributed by atoms with Gasteiger partial charge in [-0.05, 0) is 12.1 Å². The number of carbonyl (C=O) groups is 1. The second-order valence-corrected chi connectivity index (χ2v) is 4.31. The molecule has 9 heteroatoms. The lowest BCUT2D eigenvalue weighted by Crippen LogP contribution is -2.09. The van der Waals surface area contributed by atoms with E-state index in [4.69, 9.17) is 5.53 Å². The quantitative estimate of drug-likeness (QED) is 0.358. The first-order chi connectivity index (χ1) is 9.97. The average Bonchev–Trinajstić information content (AvgIpc) is 2.72. The number of non-ortho nitro benzene ring substituents is 2. The van der Waals surface area contributed by atoms with E-state index in [0.717, 1.165) is 12.1 Å². The van der Waals surface area contributed by atoms with Crippen molar-refractivity contribution in [1.82, 2.24) is 0 Å². The van der Waals surface area contributed by atoms with Crippen LogP contribution in [0.4, 0.5) is 11.4 Å². The highest BCUT2D eigenvalue weighted by Gasteiger charge is 2.40. The number of Topliss-reactive ketones (excluding diaryl/α,β-unsaturated/α-hetero) is 1. The predicted molar refractivity (Wildman–Crippen MR) is 69.3 cm³/mol. The maximum absolute atomic E-state index is 12.0. The predicted octanol–water partition coefficient (Wildman–Crippen LogP) is 1.87. The lowest BCUT2D eigenvalue weighted by atomic mass is 10.0. The number of nitro benzene ring substituents is 2. The lowest BCUT2D eigenvalue weighted by molar-refractivity contribution is -0.390. The Morgan fingerprint density at radius 3 is 1.90 bits per heavy atom. The number of benzene rings is 2. The molecule has 3 rings (SSSR count). The van der Waals surface area contributed by atoms with Crippen molar-refractivity contribution in [3.8, 4) is 0 Å². The number of rotatable bonds is 2. The largest absolute Gasteiger partial charge is 0.370 e. The third-order valence-corrected chi connectivity index (χ3v) is 3.32. The van der Waals surface area contributed by atoms with Gasteiger partial charge >= 0.3 is 5.71 Å². The summed E-state index contributed by atoms with van der Waals surface area (Å²) in [5, 5.41) is 22.0. The molecule has 0 heterocycles. The molecule has 0 aromatic heterocycles. The Kier molecular flexibility index (Phi) is 2.41. The third-order valence-electron chi connectivity index (χ3n) is 3.32. The summed E-state index contributed by atoms with van der Waals surface area (Å²) in [6, 6.07) is 4.53. The Hall–Kier alpha value is -3.45. The zero-order valence-electron chi connectivity index (χ0n) is 10.1. The van der Waals surface area contributed by atoms with Gasteiger partial charge in [0, 0.05) is 23.1 Å². The van der Waals surface area contributed by atoms with Crippen molar-refractivity contribution in [3.63, 3.8) is 0 Å². The standard InChI is InChI=1S/C12H4N4O5/c13-14-11-5-1-3-7(15(18)19)10-8(16(20)21)4-2-6(9(5)10)12(11)17/h1-4H. The van der Waals surface area contributed by atoms with Gasteiger partial charge in [-0.2, -0.15) is 4.79 Å². The van der Waals surface area contributed by atoms with Gasteiger partial charge in [0.05, 0.1) is 15.4 Å². The molecule has 0 saturated carbocycles. The molecule has 0 amide bonds. The molecule has 0 atom stereocenters.